The number of carbonyl (C=O) groups is 1. The fraction of sp³-hybridized carbons (Fsp3) is 0.400. The van der Waals surface area contributed by atoms with Gasteiger partial charge in [0.1, 0.15) is 0 Å². The Morgan fingerprint density at radius 2 is 2.09 bits per heavy atom. The molecular weight excluding hydrogens is 284 g/mol. The Balaban J connectivity index is 1.92. The zero-order valence-electron chi connectivity index (χ0n) is 12.5. The number of benzene rings is 1. The predicted molar refractivity (Wildman–Crippen MR) is 81.7 cm³/mol. The number of amides is 1. The Labute approximate surface area is 127 Å². The molecule has 0 bridgehead atoms. The van der Waals surface area contributed by atoms with Gasteiger partial charge in [-0.15, -0.1) is 0 Å². The molecule has 0 radical (unpaired) electrons. The van der Waals surface area contributed by atoms with Crippen molar-refractivity contribution in [3.63, 3.8) is 0 Å². The molecule has 1 fully saturated rings. The van der Waals surface area contributed by atoms with Crippen LogP contribution in [0.2, 0.25) is 0 Å². The first-order valence-electron chi connectivity index (χ1n) is 7.10. The van der Waals surface area contributed by atoms with Crippen LogP contribution in [0.15, 0.2) is 29.1 Å². The number of likely N-dealkylation sites (N-methyl/N-ethyl adjacent to an activating group) is 1. The van der Waals surface area contributed by atoms with E-state index in [1.807, 2.05) is 19.0 Å². The van der Waals surface area contributed by atoms with E-state index in [2.05, 4.69) is 9.97 Å². The van der Waals surface area contributed by atoms with E-state index in [9.17, 15) is 14.7 Å². The highest BCUT2D eigenvalue weighted by atomic mass is 16.3. The van der Waals surface area contributed by atoms with Crippen LogP contribution in [0.1, 0.15) is 10.6 Å². The van der Waals surface area contributed by atoms with Crippen LogP contribution in [0.25, 0.3) is 10.9 Å². The molecular formula is C15H18N4O3. The lowest BCUT2D eigenvalue weighted by Gasteiger charge is -2.21. The van der Waals surface area contributed by atoms with Crippen LogP contribution in [0, 0.1) is 0 Å². The quantitative estimate of drug-likeness (QED) is 0.793. The van der Waals surface area contributed by atoms with Crippen molar-refractivity contribution in [2.75, 3.05) is 27.2 Å². The summed E-state index contributed by atoms with van der Waals surface area (Å²) in [5.41, 5.74) is 0.149. The Morgan fingerprint density at radius 3 is 2.77 bits per heavy atom. The first kappa shape index (κ1) is 14.7. The van der Waals surface area contributed by atoms with Crippen LogP contribution in [0.3, 0.4) is 0 Å². The molecule has 1 aliphatic rings. The largest absolute Gasteiger partial charge is 0.390 e. The molecule has 0 spiro atoms. The Hall–Kier alpha value is -2.25. The molecule has 22 heavy (non-hydrogen) atoms. The number of carbonyl (C=O) groups excluding carboxylic acids is 1. The second kappa shape index (κ2) is 5.51. The molecule has 1 aromatic heterocycles. The summed E-state index contributed by atoms with van der Waals surface area (Å²) in [7, 11) is 3.72. The van der Waals surface area contributed by atoms with E-state index in [1.54, 1.807) is 24.3 Å². The van der Waals surface area contributed by atoms with Crippen molar-refractivity contribution in [1.82, 2.24) is 19.8 Å². The van der Waals surface area contributed by atoms with E-state index >= 15 is 0 Å². The number of nitrogens with zero attached hydrogens (tertiary/aromatic N) is 3. The van der Waals surface area contributed by atoms with Gasteiger partial charge < -0.3 is 19.9 Å². The third-order valence-electron chi connectivity index (χ3n) is 4.02. The minimum atomic E-state index is -0.605. The topological polar surface area (TPSA) is 89.5 Å². The molecule has 0 unspecified atom stereocenters. The third-order valence-corrected chi connectivity index (χ3v) is 4.02. The average molecular weight is 302 g/mol. The fourth-order valence-corrected chi connectivity index (χ4v) is 2.78. The maximum Gasteiger partial charge on any atom is 0.289 e. The average Bonchev–Trinajstić information content (AvgIpc) is 2.88. The van der Waals surface area contributed by atoms with Crippen LogP contribution in [0.4, 0.5) is 0 Å². The zero-order valence-corrected chi connectivity index (χ0v) is 12.5. The standard InChI is InChI=1S/C15H18N4O3/c1-18(2)11-7-19(8-12(11)20)15(22)13-16-10-6-4-3-5-9(10)14(21)17-13/h3-6,11-12,20H,7-8H2,1-2H3,(H,16,17,21)/t11-,12-/m0/s1. The monoisotopic (exact) mass is 302 g/mol. The highest BCUT2D eigenvalue weighted by Gasteiger charge is 2.36. The van der Waals surface area contributed by atoms with Gasteiger partial charge in [0.2, 0.25) is 0 Å². The maximum absolute atomic E-state index is 12.5. The highest BCUT2D eigenvalue weighted by molar-refractivity contribution is 5.92. The van der Waals surface area contributed by atoms with Gasteiger partial charge in [-0.05, 0) is 26.2 Å². The van der Waals surface area contributed by atoms with Gasteiger partial charge in [0.25, 0.3) is 11.5 Å². The predicted octanol–water partition coefficient (Wildman–Crippen LogP) is -0.330. The summed E-state index contributed by atoms with van der Waals surface area (Å²) < 4.78 is 0. The van der Waals surface area contributed by atoms with E-state index in [-0.39, 0.29) is 29.9 Å². The van der Waals surface area contributed by atoms with Gasteiger partial charge in [-0.2, -0.15) is 0 Å². The van der Waals surface area contributed by atoms with Gasteiger partial charge >= 0.3 is 0 Å². The van der Waals surface area contributed by atoms with E-state index < -0.39 is 6.10 Å². The Kier molecular flexibility index (Phi) is 3.67. The van der Waals surface area contributed by atoms with E-state index in [1.165, 1.54) is 4.90 Å². The van der Waals surface area contributed by atoms with Crippen molar-refractivity contribution < 1.29 is 9.90 Å². The molecule has 7 nitrogen and oxygen atoms in total. The van der Waals surface area contributed by atoms with Gasteiger partial charge in [0.15, 0.2) is 5.82 Å². The summed E-state index contributed by atoms with van der Waals surface area (Å²) >= 11 is 0. The lowest BCUT2D eigenvalue weighted by atomic mass is 10.2. The number of H-pyrrole nitrogens is 1. The number of rotatable bonds is 2. The number of likely N-dealkylation sites (tertiary alicyclic amines) is 1. The van der Waals surface area contributed by atoms with Crippen LogP contribution in [-0.2, 0) is 0 Å². The number of hydrogen-bond donors (Lipinski definition) is 2. The summed E-state index contributed by atoms with van der Waals surface area (Å²) in [6.45, 7) is 0.641. The van der Waals surface area contributed by atoms with Gasteiger partial charge in [-0.3, -0.25) is 9.59 Å². The third kappa shape index (κ3) is 2.49. The molecule has 2 N–H and O–H groups in total. The molecule has 1 saturated heterocycles. The first-order chi connectivity index (χ1) is 10.5. The van der Waals surface area contributed by atoms with E-state index in [0.29, 0.717) is 17.4 Å². The van der Waals surface area contributed by atoms with Crippen molar-refractivity contribution >= 4 is 16.8 Å². The summed E-state index contributed by atoms with van der Waals surface area (Å²) in [5.74, 6) is -0.360. The van der Waals surface area contributed by atoms with Gasteiger partial charge in [-0.1, -0.05) is 12.1 Å². The molecule has 2 heterocycles. The van der Waals surface area contributed by atoms with Crippen molar-refractivity contribution in [3.8, 4) is 0 Å². The zero-order chi connectivity index (χ0) is 15.9. The molecule has 0 saturated carbocycles. The number of nitrogens with one attached hydrogen (secondary N) is 1. The minimum absolute atomic E-state index is 0.00954. The lowest BCUT2D eigenvalue weighted by molar-refractivity contribution is 0.0752. The first-order valence-corrected chi connectivity index (χ1v) is 7.10. The number of aromatic amines is 1. The Morgan fingerprint density at radius 1 is 1.36 bits per heavy atom. The van der Waals surface area contributed by atoms with Crippen molar-refractivity contribution in [1.29, 1.82) is 0 Å². The molecule has 3 rings (SSSR count). The number of fused-ring (bicyclic) bond motifs is 1. The number of β-amino-alcohol motifs (C(OH)–C–C–N with tert-alkyl or cyclic N) is 1. The summed E-state index contributed by atoms with van der Waals surface area (Å²) in [6.07, 6.45) is -0.605. The van der Waals surface area contributed by atoms with Crippen LogP contribution in [0.5, 0.6) is 0 Å². The molecule has 7 heteroatoms. The van der Waals surface area contributed by atoms with Crippen LogP contribution in [-0.4, -0.2) is 70.1 Å². The fourth-order valence-electron chi connectivity index (χ4n) is 2.78. The number of para-hydroxylation sites is 1. The molecule has 1 amide bonds. The SMILES string of the molecule is CN(C)[C@H]1CN(C(=O)c2nc3ccccc3c(=O)[nH]2)C[C@@H]1O. The van der Waals surface area contributed by atoms with E-state index in [4.69, 9.17) is 0 Å². The van der Waals surface area contributed by atoms with Crippen LogP contribution < -0.4 is 5.56 Å². The molecule has 2 aromatic rings. The van der Waals surface area contributed by atoms with Gasteiger partial charge in [-0.25, -0.2) is 4.98 Å². The molecule has 0 aliphatic carbocycles. The highest BCUT2D eigenvalue weighted by Crippen LogP contribution is 2.16. The van der Waals surface area contributed by atoms with Gasteiger partial charge in [0.05, 0.1) is 23.0 Å². The maximum atomic E-state index is 12.5. The van der Waals surface area contributed by atoms with Crippen molar-refractivity contribution in [2.24, 2.45) is 0 Å². The van der Waals surface area contributed by atoms with Gasteiger partial charge in [0, 0.05) is 13.1 Å². The summed E-state index contributed by atoms with van der Waals surface area (Å²) in [4.78, 5) is 34.7. The Bertz CT molecular complexity index is 771. The minimum Gasteiger partial charge on any atom is -0.390 e. The number of aromatic nitrogens is 2. The normalized spacial score (nSPS) is 21.7. The van der Waals surface area contributed by atoms with Crippen LogP contribution >= 0.6 is 0 Å². The van der Waals surface area contributed by atoms with Crippen molar-refractivity contribution in [2.45, 2.75) is 12.1 Å². The number of aliphatic hydroxyl groups is 1. The second-order valence-corrected chi connectivity index (χ2v) is 5.74. The smallest absolute Gasteiger partial charge is 0.289 e. The number of aliphatic hydroxyl groups excluding tert-OH is 1. The number of hydrogen-bond acceptors (Lipinski definition) is 5. The van der Waals surface area contributed by atoms with E-state index in [0.717, 1.165) is 0 Å². The lowest BCUT2D eigenvalue weighted by Crippen LogP contribution is -2.38. The van der Waals surface area contributed by atoms with Crippen molar-refractivity contribution in [3.05, 3.63) is 40.4 Å². The molecule has 2 atom stereocenters. The second-order valence-electron chi connectivity index (χ2n) is 5.74. The summed E-state index contributed by atoms with van der Waals surface area (Å²) in [5, 5.41) is 10.5. The molecule has 1 aromatic carbocycles. The molecule has 116 valence electrons. The summed E-state index contributed by atoms with van der Waals surface area (Å²) in [6, 6.07) is 6.76. The molecule has 1 aliphatic heterocycles.